The second-order valence-corrected chi connectivity index (χ2v) is 7.15. The highest BCUT2D eigenvalue weighted by molar-refractivity contribution is 7.90. The number of aromatic amines is 1. The van der Waals surface area contributed by atoms with Crippen molar-refractivity contribution >= 4 is 33.6 Å². The summed E-state index contributed by atoms with van der Waals surface area (Å²) in [5.41, 5.74) is 0. The fourth-order valence-corrected chi connectivity index (χ4v) is 4.70. The lowest BCUT2D eigenvalue weighted by atomic mass is 10.4. The highest BCUT2D eigenvalue weighted by Crippen LogP contribution is 2.27. The molecule has 0 unspecified atom stereocenters. The lowest BCUT2D eigenvalue weighted by Gasteiger charge is -2.03. The maximum Gasteiger partial charge on any atom is 0.271 e. The van der Waals surface area contributed by atoms with Crippen molar-refractivity contribution in [3.8, 4) is 5.88 Å². The van der Waals surface area contributed by atoms with E-state index in [0.717, 1.165) is 15.0 Å². The van der Waals surface area contributed by atoms with Crippen LogP contribution in [0, 0.1) is 18.6 Å². The van der Waals surface area contributed by atoms with E-state index in [9.17, 15) is 13.5 Å². The first-order valence-electron chi connectivity index (χ1n) is 4.65. The highest BCUT2D eigenvalue weighted by Gasteiger charge is 2.22. The second-order valence-electron chi connectivity index (χ2n) is 3.52. The van der Waals surface area contributed by atoms with E-state index in [1.165, 1.54) is 11.3 Å². The topological polar surface area (TPSA) is 75.1 Å². The van der Waals surface area contributed by atoms with Crippen molar-refractivity contribution in [2.24, 2.45) is 0 Å². The molecule has 2 rings (SSSR count). The second kappa shape index (κ2) is 3.97. The molecule has 0 spiro atoms. The van der Waals surface area contributed by atoms with Crippen molar-refractivity contribution in [1.29, 1.82) is 0 Å². The van der Waals surface area contributed by atoms with Crippen molar-refractivity contribution in [2.75, 3.05) is 0 Å². The van der Waals surface area contributed by atoms with Gasteiger partial charge < -0.3 is 10.1 Å². The standard InChI is InChI=1S/C9H10N2O3S3/c1-5-3-7(6(2)16-5)17(13,14)11-4-8(12)10-9(11)15/h3-4,12H,1-2H3,(H,10,15). The van der Waals surface area contributed by atoms with Crippen LogP contribution in [0.15, 0.2) is 17.2 Å². The average molecular weight is 290 g/mol. The number of nitrogens with one attached hydrogen (secondary N) is 1. The maximum absolute atomic E-state index is 12.3. The van der Waals surface area contributed by atoms with Gasteiger partial charge in [-0.05, 0) is 32.1 Å². The summed E-state index contributed by atoms with van der Waals surface area (Å²) in [7, 11) is -3.73. The summed E-state index contributed by atoms with van der Waals surface area (Å²) in [4.78, 5) is 4.19. The zero-order valence-electron chi connectivity index (χ0n) is 9.09. The largest absolute Gasteiger partial charge is 0.493 e. The third-order valence-corrected chi connectivity index (χ3v) is 5.50. The van der Waals surface area contributed by atoms with Gasteiger partial charge in [0.25, 0.3) is 10.0 Å². The number of hydrogen-bond donors (Lipinski definition) is 2. The minimum atomic E-state index is -3.73. The molecule has 5 nitrogen and oxygen atoms in total. The molecule has 2 aromatic rings. The molecule has 2 aromatic heterocycles. The number of aromatic hydroxyl groups is 1. The van der Waals surface area contributed by atoms with Crippen molar-refractivity contribution in [3.63, 3.8) is 0 Å². The third-order valence-electron chi connectivity index (χ3n) is 2.21. The molecule has 0 aliphatic heterocycles. The predicted octanol–water partition coefficient (Wildman–Crippen LogP) is 2.17. The van der Waals surface area contributed by atoms with Crippen LogP contribution < -0.4 is 0 Å². The van der Waals surface area contributed by atoms with Gasteiger partial charge in [-0.1, -0.05) is 0 Å². The third kappa shape index (κ3) is 2.03. The van der Waals surface area contributed by atoms with Crippen LogP contribution in [0.5, 0.6) is 5.88 Å². The molecule has 0 bridgehead atoms. The molecule has 92 valence electrons. The molecule has 0 amide bonds. The van der Waals surface area contributed by atoms with Crippen LogP contribution in [0.3, 0.4) is 0 Å². The van der Waals surface area contributed by atoms with E-state index in [-0.39, 0.29) is 15.5 Å². The number of thiophene rings is 1. The van der Waals surface area contributed by atoms with E-state index < -0.39 is 10.0 Å². The molecule has 0 aromatic carbocycles. The Morgan fingerprint density at radius 2 is 2.12 bits per heavy atom. The molecule has 0 aliphatic carbocycles. The minimum Gasteiger partial charge on any atom is -0.493 e. The van der Waals surface area contributed by atoms with Gasteiger partial charge >= 0.3 is 0 Å². The first-order valence-corrected chi connectivity index (χ1v) is 7.32. The monoisotopic (exact) mass is 290 g/mol. The number of nitrogens with zero attached hydrogens (tertiary/aromatic N) is 1. The number of imidazole rings is 1. The maximum atomic E-state index is 12.3. The minimum absolute atomic E-state index is 0.0502. The molecule has 2 N–H and O–H groups in total. The summed E-state index contributed by atoms with van der Waals surface area (Å²) in [6, 6.07) is 1.60. The van der Waals surface area contributed by atoms with Crippen molar-refractivity contribution in [2.45, 2.75) is 18.7 Å². The van der Waals surface area contributed by atoms with Crippen molar-refractivity contribution in [3.05, 3.63) is 26.8 Å². The fourth-order valence-electron chi connectivity index (χ4n) is 1.51. The normalized spacial score (nSPS) is 11.9. The molecule has 0 saturated heterocycles. The van der Waals surface area contributed by atoms with Gasteiger partial charge in [0, 0.05) is 9.75 Å². The lowest BCUT2D eigenvalue weighted by molar-refractivity contribution is 0.456. The van der Waals surface area contributed by atoms with E-state index in [1.807, 2.05) is 6.92 Å². The van der Waals surface area contributed by atoms with Gasteiger partial charge in [-0.25, -0.2) is 12.4 Å². The number of H-pyrrole nitrogens is 1. The van der Waals surface area contributed by atoms with Gasteiger partial charge in [0.1, 0.15) is 4.90 Å². The van der Waals surface area contributed by atoms with Gasteiger partial charge in [0.2, 0.25) is 5.88 Å². The van der Waals surface area contributed by atoms with Crippen LogP contribution >= 0.6 is 23.6 Å². The van der Waals surface area contributed by atoms with E-state index in [0.29, 0.717) is 4.88 Å². The van der Waals surface area contributed by atoms with Gasteiger partial charge in [0.15, 0.2) is 4.77 Å². The summed E-state index contributed by atoms with van der Waals surface area (Å²) < 4.78 is 25.4. The van der Waals surface area contributed by atoms with Gasteiger partial charge in [0.05, 0.1) is 6.20 Å². The van der Waals surface area contributed by atoms with E-state index in [4.69, 9.17) is 12.2 Å². The summed E-state index contributed by atoms with van der Waals surface area (Å²) in [6.45, 7) is 3.57. The Hall–Kier alpha value is -1.12. The van der Waals surface area contributed by atoms with Crippen LogP contribution in [0.1, 0.15) is 9.75 Å². The summed E-state index contributed by atoms with van der Waals surface area (Å²) in [5.74, 6) is -0.275. The molecule has 17 heavy (non-hydrogen) atoms. The Morgan fingerprint density at radius 3 is 2.53 bits per heavy atom. The first kappa shape index (κ1) is 12.3. The Balaban J connectivity index is 2.70. The van der Waals surface area contributed by atoms with Crippen molar-refractivity contribution in [1.82, 2.24) is 8.96 Å². The predicted molar refractivity (Wildman–Crippen MR) is 67.7 cm³/mol. The molecule has 0 radical (unpaired) electrons. The zero-order valence-corrected chi connectivity index (χ0v) is 11.5. The van der Waals surface area contributed by atoms with E-state index in [2.05, 4.69) is 4.98 Å². The molecule has 0 aliphatic rings. The summed E-state index contributed by atoms with van der Waals surface area (Å²) in [6.07, 6.45) is 1.06. The summed E-state index contributed by atoms with van der Waals surface area (Å²) >= 11 is 6.25. The highest BCUT2D eigenvalue weighted by atomic mass is 32.2. The smallest absolute Gasteiger partial charge is 0.271 e. The molecule has 2 heterocycles. The van der Waals surface area contributed by atoms with Crippen molar-refractivity contribution < 1.29 is 13.5 Å². The van der Waals surface area contributed by atoms with Gasteiger partial charge in [-0.2, -0.15) is 0 Å². The van der Waals surface area contributed by atoms with E-state index >= 15 is 0 Å². The Kier molecular flexibility index (Phi) is 2.88. The van der Waals surface area contributed by atoms with Crippen LogP contribution in [0.25, 0.3) is 0 Å². The molecule has 0 saturated carbocycles. The van der Waals surface area contributed by atoms with Gasteiger partial charge in [-0.3, -0.25) is 0 Å². The first-order chi connectivity index (χ1) is 7.82. The molecule has 0 fully saturated rings. The number of aromatic nitrogens is 2. The SMILES string of the molecule is Cc1cc(S(=O)(=O)n2cc(O)[nH]c2=S)c(C)s1. The quantitative estimate of drug-likeness (QED) is 0.831. The zero-order chi connectivity index (χ0) is 12.8. The van der Waals surface area contributed by atoms with Crippen LogP contribution in [-0.2, 0) is 10.0 Å². The van der Waals surface area contributed by atoms with Crippen LogP contribution in [0.2, 0.25) is 0 Å². The number of hydrogen-bond acceptors (Lipinski definition) is 5. The molecular weight excluding hydrogens is 280 g/mol. The lowest BCUT2D eigenvalue weighted by Crippen LogP contribution is -2.12. The summed E-state index contributed by atoms with van der Waals surface area (Å²) in [5, 5.41) is 9.21. The Bertz CT molecular complexity index is 721. The van der Waals surface area contributed by atoms with Crippen LogP contribution in [-0.4, -0.2) is 22.5 Å². The van der Waals surface area contributed by atoms with E-state index in [1.54, 1.807) is 13.0 Å². The fraction of sp³-hybridized carbons (Fsp3) is 0.222. The number of aryl methyl sites for hydroxylation is 2. The number of rotatable bonds is 2. The Morgan fingerprint density at radius 1 is 1.47 bits per heavy atom. The van der Waals surface area contributed by atoms with Gasteiger partial charge in [-0.15, -0.1) is 11.3 Å². The Labute approximate surface area is 107 Å². The molecular formula is C9H10N2O3S3. The molecule has 0 atom stereocenters. The molecule has 8 heteroatoms. The average Bonchev–Trinajstić information content (AvgIpc) is 2.70. The van der Waals surface area contributed by atoms with Crippen LogP contribution in [0.4, 0.5) is 0 Å².